The predicted molar refractivity (Wildman–Crippen MR) is 38.3 cm³/mol. The van der Waals surface area contributed by atoms with Crippen LogP contribution in [0.15, 0.2) is 12.7 Å². The van der Waals surface area contributed by atoms with Crippen LogP contribution in [0.4, 0.5) is 0 Å². The second-order valence-electron chi connectivity index (χ2n) is 2.56. The van der Waals surface area contributed by atoms with Crippen molar-refractivity contribution in [1.82, 2.24) is 0 Å². The van der Waals surface area contributed by atoms with E-state index in [1.54, 1.807) is 0 Å². The van der Waals surface area contributed by atoms with Crippen molar-refractivity contribution in [2.24, 2.45) is 5.92 Å². The van der Waals surface area contributed by atoms with Crippen molar-refractivity contribution in [3.05, 3.63) is 12.7 Å². The second-order valence-corrected chi connectivity index (χ2v) is 2.56. The largest absolute Gasteiger partial charge is 0.373 e. The summed E-state index contributed by atoms with van der Waals surface area (Å²) >= 11 is 0. The van der Waals surface area contributed by atoms with Crippen LogP contribution in [0.5, 0.6) is 0 Å². The van der Waals surface area contributed by atoms with Gasteiger partial charge in [0.2, 0.25) is 0 Å². The molecule has 0 amide bonds. The number of hydrogen-bond acceptors (Lipinski definition) is 1. The molecule has 0 aromatic rings. The van der Waals surface area contributed by atoms with Crippen LogP contribution >= 0.6 is 0 Å². The Balaban J connectivity index is 2.20. The molecule has 1 rings (SSSR count). The van der Waals surface area contributed by atoms with E-state index in [-0.39, 0.29) is 0 Å². The number of hydrogen-bond donors (Lipinski definition) is 0. The molecule has 1 aliphatic heterocycles. The molecule has 0 aliphatic carbocycles. The normalized spacial score (nSPS) is 27.4. The van der Waals surface area contributed by atoms with Crippen molar-refractivity contribution in [2.75, 3.05) is 6.61 Å². The molecule has 52 valence electrons. The van der Waals surface area contributed by atoms with Gasteiger partial charge >= 0.3 is 0 Å². The molecule has 2 atom stereocenters. The summed E-state index contributed by atoms with van der Waals surface area (Å²) in [5.74, 6) is 0.738. The van der Waals surface area contributed by atoms with Gasteiger partial charge in [-0.15, -0.1) is 6.58 Å². The molecule has 0 bridgehead atoms. The third-order valence-corrected chi connectivity index (χ3v) is 1.88. The van der Waals surface area contributed by atoms with Crippen molar-refractivity contribution < 1.29 is 4.74 Å². The van der Waals surface area contributed by atoms with E-state index in [4.69, 9.17) is 4.74 Å². The maximum absolute atomic E-state index is 5.17. The monoisotopic (exact) mass is 126 g/mol. The van der Waals surface area contributed by atoms with Gasteiger partial charge in [0.1, 0.15) is 0 Å². The summed E-state index contributed by atoms with van der Waals surface area (Å²) in [6.45, 7) is 6.89. The number of epoxide rings is 1. The first-order valence-corrected chi connectivity index (χ1v) is 3.61. The highest BCUT2D eigenvalue weighted by Gasteiger charge is 2.29. The summed E-state index contributed by atoms with van der Waals surface area (Å²) in [6, 6.07) is 0. The lowest BCUT2D eigenvalue weighted by Gasteiger charge is -2.06. The second kappa shape index (κ2) is 3.02. The van der Waals surface area contributed by atoms with Gasteiger partial charge in [-0.1, -0.05) is 19.4 Å². The fraction of sp³-hybridized carbons (Fsp3) is 0.750. The van der Waals surface area contributed by atoms with E-state index in [9.17, 15) is 0 Å². The Labute approximate surface area is 56.7 Å². The summed E-state index contributed by atoms with van der Waals surface area (Å²) in [5, 5.41) is 0. The fourth-order valence-electron chi connectivity index (χ4n) is 1.12. The predicted octanol–water partition coefficient (Wildman–Crippen LogP) is 1.99. The molecule has 0 aromatic heterocycles. The Morgan fingerprint density at radius 1 is 1.89 bits per heavy atom. The van der Waals surface area contributed by atoms with Crippen LogP contribution in [0.2, 0.25) is 0 Å². The summed E-state index contributed by atoms with van der Waals surface area (Å²) in [7, 11) is 0. The Morgan fingerprint density at radius 2 is 2.56 bits per heavy atom. The average molecular weight is 126 g/mol. The summed E-state index contributed by atoms with van der Waals surface area (Å²) in [4.78, 5) is 0. The van der Waals surface area contributed by atoms with E-state index in [0.717, 1.165) is 18.9 Å². The molecule has 0 N–H and O–H groups in total. The SMILES string of the molecule is C=CCC(CC)C1CO1. The Bertz CT molecular complexity index is 94.7. The highest BCUT2D eigenvalue weighted by molar-refractivity contribution is 4.83. The van der Waals surface area contributed by atoms with Crippen LogP contribution in [0.25, 0.3) is 0 Å². The van der Waals surface area contributed by atoms with Crippen molar-refractivity contribution >= 4 is 0 Å². The maximum Gasteiger partial charge on any atom is 0.0840 e. The standard InChI is InChI=1S/C8H14O/c1-3-5-7(4-2)8-6-9-8/h3,7-8H,1,4-6H2,2H3. The van der Waals surface area contributed by atoms with Crippen molar-refractivity contribution in [1.29, 1.82) is 0 Å². The summed E-state index contributed by atoms with van der Waals surface area (Å²) < 4.78 is 5.17. The molecule has 2 unspecified atom stereocenters. The summed E-state index contributed by atoms with van der Waals surface area (Å²) in [5.41, 5.74) is 0. The van der Waals surface area contributed by atoms with Gasteiger partial charge in [-0.3, -0.25) is 0 Å². The fourth-order valence-corrected chi connectivity index (χ4v) is 1.12. The Kier molecular flexibility index (Phi) is 2.29. The zero-order chi connectivity index (χ0) is 6.69. The van der Waals surface area contributed by atoms with Gasteiger partial charge in [0.15, 0.2) is 0 Å². The van der Waals surface area contributed by atoms with Crippen LogP contribution < -0.4 is 0 Å². The zero-order valence-electron chi connectivity index (χ0n) is 5.97. The van der Waals surface area contributed by atoms with E-state index in [1.165, 1.54) is 6.42 Å². The number of allylic oxidation sites excluding steroid dienone is 1. The molecule has 0 spiro atoms. The quantitative estimate of drug-likeness (QED) is 0.414. The minimum absolute atomic E-state index is 0.563. The van der Waals surface area contributed by atoms with Crippen LogP contribution in [0, 0.1) is 5.92 Å². The van der Waals surface area contributed by atoms with E-state index in [1.807, 2.05) is 6.08 Å². The first-order chi connectivity index (χ1) is 4.38. The lowest BCUT2D eigenvalue weighted by Crippen LogP contribution is -2.04. The number of ether oxygens (including phenoxy) is 1. The van der Waals surface area contributed by atoms with E-state index >= 15 is 0 Å². The molecule has 1 nitrogen and oxygen atoms in total. The molecule has 1 saturated heterocycles. The van der Waals surface area contributed by atoms with Gasteiger partial charge in [-0.2, -0.15) is 0 Å². The van der Waals surface area contributed by atoms with Gasteiger partial charge in [-0.05, 0) is 12.3 Å². The maximum atomic E-state index is 5.17. The van der Waals surface area contributed by atoms with E-state index in [0.29, 0.717) is 6.10 Å². The molecule has 0 saturated carbocycles. The zero-order valence-corrected chi connectivity index (χ0v) is 5.97. The molecular formula is C8H14O. The van der Waals surface area contributed by atoms with Gasteiger partial charge in [-0.25, -0.2) is 0 Å². The summed E-state index contributed by atoms with van der Waals surface area (Å²) in [6.07, 6.45) is 4.88. The lowest BCUT2D eigenvalue weighted by atomic mass is 9.99. The van der Waals surface area contributed by atoms with Gasteiger partial charge in [0, 0.05) is 0 Å². The van der Waals surface area contributed by atoms with Crippen molar-refractivity contribution in [3.8, 4) is 0 Å². The third kappa shape index (κ3) is 1.83. The number of rotatable bonds is 4. The molecule has 1 heteroatoms. The topological polar surface area (TPSA) is 12.5 Å². The average Bonchev–Trinajstić information content (AvgIpc) is 2.64. The Hall–Kier alpha value is -0.300. The minimum atomic E-state index is 0.563. The van der Waals surface area contributed by atoms with Crippen LogP contribution in [-0.2, 0) is 4.74 Å². The van der Waals surface area contributed by atoms with Gasteiger partial charge < -0.3 is 4.74 Å². The van der Waals surface area contributed by atoms with E-state index in [2.05, 4.69) is 13.5 Å². The molecule has 1 fully saturated rings. The van der Waals surface area contributed by atoms with Crippen LogP contribution in [0.3, 0.4) is 0 Å². The minimum Gasteiger partial charge on any atom is -0.373 e. The molecule has 0 aromatic carbocycles. The first kappa shape index (κ1) is 6.81. The smallest absolute Gasteiger partial charge is 0.0840 e. The highest BCUT2D eigenvalue weighted by atomic mass is 16.6. The van der Waals surface area contributed by atoms with Crippen LogP contribution in [0.1, 0.15) is 19.8 Å². The highest BCUT2D eigenvalue weighted by Crippen LogP contribution is 2.25. The van der Waals surface area contributed by atoms with Gasteiger partial charge in [0.05, 0.1) is 12.7 Å². The van der Waals surface area contributed by atoms with E-state index < -0.39 is 0 Å². The first-order valence-electron chi connectivity index (χ1n) is 3.61. The molecule has 9 heavy (non-hydrogen) atoms. The van der Waals surface area contributed by atoms with Crippen molar-refractivity contribution in [3.63, 3.8) is 0 Å². The van der Waals surface area contributed by atoms with Gasteiger partial charge in [0.25, 0.3) is 0 Å². The lowest BCUT2D eigenvalue weighted by molar-refractivity contribution is 0.323. The molecule has 0 radical (unpaired) electrons. The molecular weight excluding hydrogens is 112 g/mol. The Morgan fingerprint density at radius 3 is 2.89 bits per heavy atom. The van der Waals surface area contributed by atoms with Crippen molar-refractivity contribution in [2.45, 2.75) is 25.9 Å². The van der Waals surface area contributed by atoms with Crippen LogP contribution in [-0.4, -0.2) is 12.7 Å². The molecule has 1 heterocycles. The third-order valence-electron chi connectivity index (χ3n) is 1.88. The molecule has 1 aliphatic rings.